The first-order valence-electron chi connectivity index (χ1n) is 4.88. The zero-order chi connectivity index (χ0) is 12.3. The highest BCUT2D eigenvalue weighted by Gasteiger charge is 2.04. The minimum absolute atomic E-state index is 0.418. The molecule has 0 aliphatic rings. The SMILES string of the molecule is COc1ccc(Br)c(Nc2nccc(N)n2)c1. The number of nitrogen functional groups attached to an aromatic ring is 1. The zero-order valence-corrected chi connectivity index (χ0v) is 10.7. The van der Waals surface area contributed by atoms with Crippen LogP contribution in [0.2, 0.25) is 0 Å². The van der Waals surface area contributed by atoms with Gasteiger partial charge in [0.15, 0.2) is 0 Å². The average Bonchev–Trinajstić information content (AvgIpc) is 2.32. The number of aromatic nitrogens is 2. The van der Waals surface area contributed by atoms with Crippen molar-refractivity contribution in [2.75, 3.05) is 18.2 Å². The molecule has 0 bridgehead atoms. The van der Waals surface area contributed by atoms with E-state index in [2.05, 4.69) is 31.2 Å². The van der Waals surface area contributed by atoms with Gasteiger partial charge < -0.3 is 15.8 Å². The number of hydrogen-bond donors (Lipinski definition) is 2. The minimum Gasteiger partial charge on any atom is -0.497 e. The van der Waals surface area contributed by atoms with Crippen molar-refractivity contribution >= 4 is 33.4 Å². The second-order valence-electron chi connectivity index (χ2n) is 3.28. The summed E-state index contributed by atoms with van der Waals surface area (Å²) in [7, 11) is 1.62. The van der Waals surface area contributed by atoms with Crippen LogP contribution in [-0.2, 0) is 0 Å². The molecule has 0 unspecified atom stereocenters. The number of ether oxygens (including phenoxy) is 1. The van der Waals surface area contributed by atoms with E-state index in [0.717, 1.165) is 15.9 Å². The molecule has 0 saturated carbocycles. The van der Waals surface area contributed by atoms with Gasteiger partial charge >= 0.3 is 0 Å². The lowest BCUT2D eigenvalue weighted by molar-refractivity contribution is 0.415. The van der Waals surface area contributed by atoms with Crippen molar-refractivity contribution in [3.63, 3.8) is 0 Å². The maximum atomic E-state index is 5.58. The Balaban J connectivity index is 2.29. The number of benzene rings is 1. The number of rotatable bonds is 3. The van der Waals surface area contributed by atoms with Crippen molar-refractivity contribution in [1.29, 1.82) is 0 Å². The summed E-state index contributed by atoms with van der Waals surface area (Å²) in [6.45, 7) is 0. The molecule has 1 heterocycles. The molecule has 88 valence electrons. The number of nitrogens with one attached hydrogen (secondary N) is 1. The Kier molecular flexibility index (Phi) is 3.43. The van der Waals surface area contributed by atoms with Gasteiger partial charge in [0.05, 0.1) is 12.8 Å². The van der Waals surface area contributed by atoms with Gasteiger partial charge in [-0.05, 0) is 34.1 Å². The van der Waals surface area contributed by atoms with Gasteiger partial charge in [-0.1, -0.05) is 0 Å². The molecule has 0 aliphatic carbocycles. The second kappa shape index (κ2) is 5.01. The zero-order valence-electron chi connectivity index (χ0n) is 9.14. The smallest absolute Gasteiger partial charge is 0.229 e. The van der Waals surface area contributed by atoms with Crippen molar-refractivity contribution in [3.05, 3.63) is 34.9 Å². The average molecular weight is 295 g/mol. The van der Waals surface area contributed by atoms with Crippen LogP contribution in [-0.4, -0.2) is 17.1 Å². The van der Waals surface area contributed by atoms with Gasteiger partial charge in [-0.3, -0.25) is 0 Å². The fourth-order valence-corrected chi connectivity index (χ4v) is 1.63. The molecule has 6 heteroatoms. The van der Waals surface area contributed by atoms with Crippen LogP contribution in [0.4, 0.5) is 17.5 Å². The Bertz CT molecular complexity index is 533. The Labute approximate surface area is 107 Å². The molecular weight excluding hydrogens is 284 g/mol. The van der Waals surface area contributed by atoms with E-state index < -0.39 is 0 Å². The normalized spacial score (nSPS) is 10.0. The monoisotopic (exact) mass is 294 g/mol. The third kappa shape index (κ3) is 2.85. The quantitative estimate of drug-likeness (QED) is 0.910. The summed E-state index contributed by atoms with van der Waals surface area (Å²) in [5.74, 6) is 1.61. The highest BCUT2D eigenvalue weighted by atomic mass is 79.9. The number of hydrogen-bond acceptors (Lipinski definition) is 5. The largest absolute Gasteiger partial charge is 0.497 e. The summed E-state index contributed by atoms with van der Waals surface area (Å²) in [5.41, 5.74) is 6.39. The molecule has 0 fully saturated rings. The van der Waals surface area contributed by atoms with E-state index in [9.17, 15) is 0 Å². The van der Waals surface area contributed by atoms with Crippen LogP contribution >= 0.6 is 15.9 Å². The van der Waals surface area contributed by atoms with E-state index in [1.54, 1.807) is 19.4 Å². The standard InChI is InChI=1S/C11H11BrN4O/c1-17-7-2-3-8(12)9(6-7)15-11-14-5-4-10(13)16-11/h2-6H,1H3,(H3,13,14,15,16). The summed E-state index contributed by atoms with van der Waals surface area (Å²) in [5, 5.41) is 3.06. The lowest BCUT2D eigenvalue weighted by Gasteiger charge is -2.09. The van der Waals surface area contributed by atoms with Gasteiger partial charge in [-0.15, -0.1) is 0 Å². The van der Waals surface area contributed by atoms with Gasteiger partial charge in [0.1, 0.15) is 11.6 Å². The summed E-state index contributed by atoms with van der Waals surface area (Å²) in [4.78, 5) is 8.13. The highest BCUT2D eigenvalue weighted by molar-refractivity contribution is 9.10. The molecule has 0 amide bonds. The van der Waals surface area contributed by atoms with Crippen LogP contribution in [0.1, 0.15) is 0 Å². The van der Waals surface area contributed by atoms with Crippen LogP contribution in [0.15, 0.2) is 34.9 Å². The van der Waals surface area contributed by atoms with Crippen LogP contribution in [0.25, 0.3) is 0 Å². The second-order valence-corrected chi connectivity index (χ2v) is 4.13. The Morgan fingerprint density at radius 3 is 2.88 bits per heavy atom. The maximum absolute atomic E-state index is 5.58. The van der Waals surface area contributed by atoms with Crippen LogP contribution in [0.3, 0.4) is 0 Å². The summed E-state index contributed by atoms with van der Waals surface area (Å²) >= 11 is 3.43. The third-order valence-corrected chi connectivity index (χ3v) is 2.79. The molecule has 1 aromatic heterocycles. The molecule has 0 aliphatic heterocycles. The molecule has 0 radical (unpaired) electrons. The Morgan fingerprint density at radius 1 is 1.35 bits per heavy atom. The summed E-state index contributed by atoms with van der Waals surface area (Å²) in [6, 6.07) is 7.21. The van der Waals surface area contributed by atoms with E-state index in [1.807, 2.05) is 18.2 Å². The molecule has 0 saturated heterocycles. The molecule has 2 aromatic rings. The lowest BCUT2D eigenvalue weighted by Crippen LogP contribution is -2.00. The number of nitrogens with zero attached hydrogens (tertiary/aromatic N) is 2. The molecule has 17 heavy (non-hydrogen) atoms. The molecule has 0 atom stereocenters. The lowest BCUT2D eigenvalue weighted by atomic mass is 10.3. The number of nitrogens with two attached hydrogens (primary N) is 1. The molecule has 3 N–H and O–H groups in total. The van der Waals surface area contributed by atoms with Crippen molar-refractivity contribution in [1.82, 2.24) is 9.97 Å². The van der Waals surface area contributed by atoms with E-state index >= 15 is 0 Å². The Morgan fingerprint density at radius 2 is 2.18 bits per heavy atom. The third-order valence-electron chi connectivity index (χ3n) is 2.10. The predicted octanol–water partition coefficient (Wildman–Crippen LogP) is 2.57. The fraction of sp³-hybridized carbons (Fsp3) is 0.0909. The molecule has 5 nitrogen and oxygen atoms in total. The van der Waals surface area contributed by atoms with Crippen molar-refractivity contribution in [3.8, 4) is 5.75 Å². The van der Waals surface area contributed by atoms with E-state index in [0.29, 0.717) is 11.8 Å². The van der Waals surface area contributed by atoms with E-state index in [1.165, 1.54) is 0 Å². The molecule has 1 aromatic carbocycles. The number of methoxy groups -OCH3 is 1. The predicted molar refractivity (Wildman–Crippen MR) is 70.4 cm³/mol. The van der Waals surface area contributed by atoms with Crippen LogP contribution in [0, 0.1) is 0 Å². The number of halogens is 1. The van der Waals surface area contributed by atoms with E-state index in [-0.39, 0.29) is 0 Å². The number of anilines is 3. The highest BCUT2D eigenvalue weighted by Crippen LogP contribution is 2.28. The van der Waals surface area contributed by atoms with Gasteiger partial charge in [0.25, 0.3) is 0 Å². The summed E-state index contributed by atoms with van der Waals surface area (Å²) in [6.07, 6.45) is 1.60. The summed E-state index contributed by atoms with van der Waals surface area (Å²) < 4.78 is 6.04. The minimum atomic E-state index is 0.418. The van der Waals surface area contributed by atoms with E-state index in [4.69, 9.17) is 10.5 Å². The van der Waals surface area contributed by atoms with Crippen molar-refractivity contribution in [2.24, 2.45) is 0 Å². The molecular formula is C11H11BrN4O. The van der Waals surface area contributed by atoms with Crippen LogP contribution < -0.4 is 15.8 Å². The van der Waals surface area contributed by atoms with Crippen molar-refractivity contribution < 1.29 is 4.74 Å². The molecule has 0 spiro atoms. The first-order chi connectivity index (χ1) is 8.19. The van der Waals surface area contributed by atoms with Gasteiger partial charge in [-0.2, -0.15) is 4.98 Å². The maximum Gasteiger partial charge on any atom is 0.229 e. The fourth-order valence-electron chi connectivity index (χ4n) is 1.28. The first-order valence-corrected chi connectivity index (χ1v) is 5.67. The molecule has 2 rings (SSSR count). The van der Waals surface area contributed by atoms with Crippen LogP contribution in [0.5, 0.6) is 5.75 Å². The Hall–Kier alpha value is -1.82. The topological polar surface area (TPSA) is 73.1 Å². The van der Waals surface area contributed by atoms with Gasteiger partial charge in [-0.25, -0.2) is 4.98 Å². The van der Waals surface area contributed by atoms with Gasteiger partial charge in [0.2, 0.25) is 5.95 Å². The van der Waals surface area contributed by atoms with Gasteiger partial charge in [0, 0.05) is 16.7 Å². The first kappa shape index (κ1) is 11.7. The van der Waals surface area contributed by atoms with Crippen molar-refractivity contribution in [2.45, 2.75) is 0 Å².